The van der Waals surface area contributed by atoms with Gasteiger partial charge in [-0.15, -0.1) is 11.3 Å². The predicted molar refractivity (Wildman–Crippen MR) is 119 cm³/mol. The first-order valence-corrected chi connectivity index (χ1v) is 10.8. The van der Waals surface area contributed by atoms with Gasteiger partial charge in [0.05, 0.1) is 10.9 Å². The number of aromatic nitrogens is 2. The fourth-order valence-electron chi connectivity index (χ4n) is 4.20. The zero-order valence-corrected chi connectivity index (χ0v) is 18.2. The molecule has 1 fully saturated rings. The quantitative estimate of drug-likeness (QED) is 0.656. The molecule has 0 radical (unpaired) electrons. The van der Waals surface area contributed by atoms with E-state index in [9.17, 15) is 9.59 Å². The van der Waals surface area contributed by atoms with E-state index in [0.717, 1.165) is 52.1 Å². The van der Waals surface area contributed by atoms with Crippen LogP contribution in [0.4, 0.5) is 5.69 Å². The molecule has 1 aromatic carbocycles. The van der Waals surface area contributed by atoms with E-state index < -0.39 is 0 Å². The van der Waals surface area contributed by atoms with E-state index in [-0.39, 0.29) is 17.9 Å². The molecule has 0 bridgehead atoms. The van der Waals surface area contributed by atoms with Crippen molar-refractivity contribution in [1.82, 2.24) is 14.9 Å². The molecule has 3 heterocycles. The normalized spacial score (nSPS) is 16.8. The van der Waals surface area contributed by atoms with Crippen molar-refractivity contribution in [2.45, 2.75) is 46.2 Å². The van der Waals surface area contributed by atoms with Crippen molar-refractivity contribution >= 4 is 39.1 Å². The number of amides is 2. The van der Waals surface area contributed by atoms with Crippen LogP contribution in [-0.2, 0) is 11.3 Å². The Morgan fingerprint density at radius 1 is 1.27 bits per heavy atom. The van der Waals surface area contributed by atoms with Crippen LogP contribution in [0.25, 0.3) is 10.2 Å². The summed E-state index contributed by atoms with van der Waals surface area (Å²) < 4.78 is 0. The van der Waals surface area contributed by atoms with Crippen molar-refractivity contribution in [3.05, 3.63) is 51.8 Å². The number of aryl methyl sites for hydroxylation is 3. The highest BCUT2D eigenvalue weighted by Gasteiger charge is 2.28. The lowest BCUT2D eigenvalue weighted by atomic mass is 10.1. The second-order valence-electron chi connectivity index (χ2n) is 7.78. The minimum atomic E-state index is -0.272. The Morgan fingerprint density at radius 3 is 2.83 bits per heavy atom. The summed E-state index contributed by atoms with van der Waals surface area (Å²) in [6.45, 7) is 7.22. The van der Waals surface area contributed by atoms with Crippen LogP contribution in [0.1, 0.15) is 45.2 Å². The fraction of sp³-hybridized carbons (Fsp3) is 0.364. The molecule has 3 N–H and O–H groups in total. The molecular weight excluding hydrogens is 398 g/mol. The molecule has 2 aromatic heterocycles. The molecular formula is C22H25N5O2S. The maximum Gasteiger partial charge on any atom is 0.266 e. The molecule has 0 spiro atoms. The van der Waals surface area contributed by atoms with Gasteiger partial charge in [-0.3, -0.25) is 14.5 Å². The molecule has 3 aromatic rings. The molecule has 1 aliphatic heterocycles. The minimum absolute atomic E-state index is 0.152. The van der Waals surface area contributed by atoms with Gasteiger partial charge in [0.2, 0.25) is 5.91 Å². The van der Waals surface area contributed by atoms with Gasteiger partial charge in [0.1, 0.15) is 10.7 Å². The van der Waals surface area contributed by atoms with Crippen molar-refractivity contribution in [1.29, 1.82) is 0 Å². The van der Waals surface area contributed by atoms with Gasteiger partial charge < -0.3 is 11.1 Å². The largest absolute Gasteiger partial charge is 0.368 e. The van der Waals surface area contributed by atoms with Crippen molar-refractivity contribution in [3.8, 4) is 0 Å². The number of fused-ring (bicyclic) bond motifs is 1. The number of carbonyl (C=O) groups is 2. The van der Waals surface area contributed by atoms with Gasteiger partial charge in [-0.2, -0.15) is 0 Å². The van der Waals surface area contributed by atoms with E-state index in [1.165, 1.54) is 11.3 Å². The molecule has 7 nitrogen and oxygen atoms in total. The van der Waals surface area contributed by atoms with E-state index in [1.54, 1.807) is 0 Å². The minimum Gasteiger partial charge on any atom is -0.368 e. The summed E-state index contributed by atoms with van der Waals surface area (Å²) >= 11 is 1.39. The lowest BCUT2D eigenvalue weighted by Crippen LogP contribution is -2.39. The monoisotopic (exact) mass is 423 g/mol. The third-order valence-corrected chi connectivity index (χ3v) is 6.74. The lowest BCUT2D eigenvalue weighted by Gasteiger charge is -2.22. The number of hydrogen-bond acceptors (Lipinski definition) is 6. The van der Waals surface area contributed by atoms with E-state index in [4.69, 9.17) is 5.73 Å². The molecule has 4 rings (SSSR count). The zero-order chi connectivity index (χ0) is 21.4. The van der Waals surface area contributed by atoms with E-state index in [0.29, 0.717) is 17.2 Å². The lowest BCUT2D eigenvalue weighted by molar-refractivity contribution is -0.122. The summed E-state index contributed by atoms with van der Waals surface area (Å²) in [6.07, 6.45) is 1.77. The first kappa shape index (κ1) is 20.4. The number of benzene rings is 1. The molecule has 1 aliphatic rings. The van der Waals surface area contributed by atoms with Gasteiger partial charge in [0, 0.05) is 23.3 Å². The van der Waals surface area contributed by atoms with Crippen LogP contribution in [0.5, 0.6) is 0 Å². The fourth-order valence-corrected chi connectivity index (χ4v) is 5.37. The average molecular weight is 424 g/mol. The third kappa shape index (κ3) is 3.93. The van der Waals surface area contributed by atoms with Gasteiger partial charge in [-0.05, 0) is 63.4 Å². The van der Waals surface area contributed by atoms with Crippen LogP contribution >= 0.6 is 11.3 Å². The number of nitrogens with two attached hydrogens (primary N) is 1. The zero-order valence-electron chi connectivity index (χ0n) is 17.4. The van der Waals surface area contributed by atoms with Crippen LogP contribution in [-0.4, -0.2) is 39.3 Å². The van der Waals surface area contributed by atoms with Crippen molar-refractivity contribution in [3.63, 3.8) is 0 Å². The summed E-state index contributed by atoms with van der Waals surface area (Å²) in [5, 5.41) is 3.96. The molecule has 1 atom stereocenters. The highest BCUT2D eigenvalue weighted by Crippen LogP contribution is 2.32. The Hall–Kier alpha value is -2.84. The Bertz CT molecular complexity index is 1140. The molecule has 0 aliphatic carbocycles. The second kappa shape index (κ2) is 8.12. The molecule has 1 saturated heterocycles. The average Bonchev–Trinajstić information content (AvgIpc) is 3.26. The summed E-state index contributed by atoms with van der Waals surface area (Å²) in [5.74, 6) is 0.281. The van der Waals surface area contributed by atoms with Gasteiger partial charge in [0.15, 0.2) is 0 Å². The third-order valence-electron chi connectivity index (χ3n) is 5.55. The van der Waals surface area contributed by atoms with E-state index in [2.05, 4.69) is 20.2 Å². The number of anilines is 1. The van der Waals surface area contributed by atoms with Crippen LogP contribution < -0.4 is 11.1 Å². The molecule has 2 amide bonds. The van der Waals surface area contributed by atoms with Gasteiger partial charge in [-0.25, -0.2) is 9.97 Å². The summed E-state index contributed by atoms with van der Waals surface area (Å²) in [7, 11) is 0. The van der Waals surface area contributed by atoms with Gasteiger partial charge in [0.25, 0.3) is 5.91 Å². The van der Waals surface area contributed by atoms with Crippen LogP contribution in [0.2, 0.25) is 0 Å². The Kier molecular flexibility index (Phi) is 5.53. The molecule has 1 unspecified atom stereocenters. The van der Waals surface area contributed by atoms with Crippen molar-refractivity contribution < 1.29 is 9.59 Å². The van der Waals surface area contributed by atoms with Gasteiger partial charge in [-0.1, -0.05) is 12.1 Å². The van der Waals surface area contributed by atoms with E-state index >= 15 is 0 Å². The second-order valence-corrected chi connectivity index (χ2v) is 8.78. The van der Waals surface area contributed by atoms with Crippen LogP contribution in [0.15, 0.2) is 24.3 Å². The van der Waals surface area contributed by atoms with Gasteiger partial charge >= 0.3 is 0 Å². The number of thiophene rings is 1. The standard InChI is InChI=1S/C22H25N5O2S/c1-12-18-13(2)24-14(3)25-22(18)30-19(12)21(29)26-16-7-4-6-15(10-16)11-27-9-5-8-17(27)20(23)28/h4,6-7,10,17H,5,8-9,11H2,1-3H3,(H2,23,28)(H,26,29). The highest BCUT2D eigenvalue weighted by atomic mass is 32.1. The number of hydrogen-bond donors (Lipinski definition) is 2. The maximum absolute atomic E-state index is 13.0. The first-order chi connectivity index (χ1) is 14.3. The Morgan fingerprint density at radius 2 is 2.07 bits per heavy atom. The summed E-state index contributed by atoms with van der Waals surface area (Å²) in [6, 6.07) is 7.52. The summed E-state index contributed by atoms with van der Waals surface area (Å²) in [5.41, 5.74) is 9.08. The number of rotatable bonds is 5. The Balaban J connectivity index is 1.54. The number of carbonyl (C=O) groups excluding carboxylic acids is 2. The van der Waals surface area contributed by atoms with E-state index in [1.807, 2.05) is 45.0 Å². The maximum atomic E-state index is 13.0. The number of likely N-dealkylation sites (tertiary alicyclic amines) is 1. The molecule has 8 heteroatoms. The first-order valence-electron chi connectivity index (χ1n) is 10.0. The van der Waals surface area contributed by atoms with Crippen molar-refractivity contribution in [2.75, 3.05) is 11.9 Å². The molecule has 156 valence electrons. The number of nitrogens with zero attached hydrogens (tertiary/aromatic N) is 3. The predicted octanol–water partition coefficient (Wildman–Crippen LogP) is 3.32. The molecule has 30 heavy (non-hydrogen) atoms. The SMILES string of the molecule is Cc1nc(C)c2c(C)c(C(=O)Nc3cccc(CN4CCCC4C(N)=O)c3)sc2n1. The van der Waals surface area contributed by atoms with Crippen LogP contribution in [0, 0.1) is 20.8 Å². The summed E-state index contributed by atoms with van der Waals surface area (Å²) in [4.78, 5) is 37.1. The number of nitrogens with one attached hydrogen (secondary N) is 1. The highest BCUT2D eigenvalue weighted by molar-refractivity contribution is 7.20. The topological polar surface area (TPSA) is 101 Å². The Labute approximate surface area is 179 Å². The molecule has 0 saturated carbocycles. The van der Waals surface area contributed by atoms with Crippen molar-refractivity contribution in [2.24, 2.45) is 5.73 Å². The smallest absolute Gasteiger partial charge is 0.266 e. The van der Waals surface area contributed by atoms with Crippen LogP contribution in [0.3, 0.4) is 0 Å². The number of primary amides is 1.